The van der Waals surface area contributed by atoms with Crippen LogP contribution in [0, 0.1) is 12.1 Å². The largest absolute Gasteiger partial charge is 0.489 e. The number of carbonyl (C=O) groups is 1. The molecule has 0 unspecified atom stereocenters. The molecule has 8 heteroatoms. The van der Waals surface area contributed by atoms with Crippen molar-refractivity contribution < 1.29 is 14.5 Å². The Balaban J connectivity index is 1.58. The van der Waals surface area contributed by atoms with E-state index in [-0.39, 0.29) is 5.91 Å². The zero-order valence-corrected chi connectivity index (χ0v) is 18.1. The van der Waals surface area contributed by atoms with Crippen LogP contribution in [0.1, 0.15) is 10.4 Å². The number of nitrogens with one attached hydrogen (secondary N) is 2. The number of aromatic nitrogens is 2. The van der Waals surface area contributed by atoms with Crippen molar-refractivity contribution in [1.82, 2.24) is 14.8 Å². The number of aromatic amines is 1. The molecule has 0 radical (unpaired) electrons. The van der Waals surface area contributed by atoms with Crippen molar-refractivity contribution in [2.24, 2.45) is 0 Å². The molecule has 0 saturated carbocycles. The monoisotopic (exact) mass is 422 g/mol. The summed E-state index contributed by atoms with van der Waals surface area (Å²) >= 11 is 1.68. The summed E-state index contributed by atoms with van der Waals surface area (Å²) in [5, 5.41) is 4.46. The Morgan fingerprint density at radius 1 is 1.50 bits per heavy atom. The molecular weight excluding hydrogens is 398 g/mol. The topological polar surface area (TPSA) is 71.8 Å². The van der Waals surface area contributed by atoms with Crippen molar-refractivity contribution in [3.63, 3.8) is 0 Å². The van der Waals surface area contributed by atoms with Gasteiger partial charge in [-0.1, -0.05) is 23.5 Å². The van der Waals surface area contributed by atoms with Crippen molar-refractivity contribution in [3.05, 3.63) is 53.2 Å². The highest BCUT2D eigenvalue weighted by atomic mass is 32.1. The first-order valence-electron chi connectivity index (χ1n) is 9.70. The number of ether oxygens (including phenoxy) is 1. The highest BCUT2D eigenvalue weighted by Gasteiger charge is 2.27. The average Bonchev–Trinajstić information content (AvgIpc) is 3.12. The Hall–Kier alpha value is -3.15. The van der Waals surface area contributed by atoms with Crippen LogP contribution in [0.2, 0.25) is 0 Å². The second kappa shape index (κ2) is 8.69. The molecule has 0 fully saturated rings. The molecule has 0 aliphatic carbocycles. The summed E-state index contributed by atoms with van der Waals surface area (Å²) in [6.07, 6.45) is 6.07. The summed E-state index contributed by atoms with van der Waals surface area (Å²) in [4.78, 5) is 26.5. The van der Waals surface area contributed by atoms with Gasteiger partial charge in [0.05, 0.1) is 19.3 Å². The Labute approximate surface area is 180 Å². The fourth-order valence-electron chi connectivity index (χ4n) is 3.45. The van der Waals surface area contributed by atoms with Crippen LogP contribution in [-0.2, 0) is 17.8 Å². The van der Waals surface area contributed by atoms with Crippen molar-refractivity contribution in [1.29, 1.82) is 0 Å². The maximum Gasteiger partial charge on any atom is 0.287 e. The smallest absolute Gasteiger partial charge is 0.287 e. The summed E-state index contributed by atoms with van der Waals surface area (Å²) in [5.74, 6) is 1.46. The first-order valence-corrected chi connectivity index (χ1v) is 10.5. The molecule has 0 spiro atoms. The molecule has 0 bridgehead atoms. The SMILES string of the molecule is COc1c#ccc(Nc2nc[nH+]c3sc4c(c23)CCN(C(=O)/C=C/CN(C)C)C4)c1. The molecule has 1 aliphatic rings. The minimum absolute atomic E-state index is 0.0589. The number of carbonyl (C=O) groups excluding carboxylic acids is 1. The molecule has 1 amide bonds. The van der Waals surface area contributed by atoms with Crippen LogP contribution in [0.4, 0.5) is 11.5 Å². The Morgan fingerprint density at radius 2 is 2.37 bits per heavy atom. The van der Waals surface area contributed by atoms with Gasteiger partial charge in [-0.2, -0.15) is 0 Å². The first kappa shape index (κ1) is 20.1. The number of thiophene rings is 1. The molecule has 0 atom stereocenters. The number of H-pyrrole nitrogens is 1. The molecule has 4 rings (SSSR count). The molecule has 1 aromatic carbocycles. The van der Waals surface area contributed by atoms with E-state index in [0.717, 1.165) is 34.7 Å². The summed E-state index contributed by atoms with van der Waals surface area (Å²) < 4.78 is 5.23. The predicted octanol–water partition coefficient (Wildman–Crippen LogP) is 2.47. The predicted molar refractivity (Wildman–Crippen MR) is 117 cm³/mol. The number of methoxy groups -OCH3 is 1. The fourth-order valence-corrected chi connectivity index (χ4v) is 4.68. The third kappa shape index (κ3) is 4.22. The number of rotatable bonds is 6. The van der Waals surface area contributed by atoms with E-state index in [9.17, 15) is 4.79 Å². The number of hydrogen-bond donors (Lipinski definition) is 1. The third-order valence-corrected chi connectivity index (χ3v) is 6.07. The van der Waals surface area contributed by atoms with Crippen molar-refractivity contribution in [2.45, 2.75) is 13.0 Å². The van der Waals surface area contributed by atoms with Gasteiger partial charge < -0.3 is 19.9 Å². The minimum Gasteiger partial charge on any atom is -0.489 e. The standard InChI is InChI=1S/C22H23N5O2S/c1-26(2)10-5-8-19(28)27-11-9-17-18(13-27)30-22-20(17)21(23-14-24-22)25-15-6-4-7-16(12-15)29-3/h5-6,8,12,14H,9-11,13H2,1-3H3,(H,23,24,25)/p+1/b8-5+. The summed E-state index contributed by atoms with van der Waals surface area (Å²) in [7, 11) is 5.57. The summed E-state index contributed by atoms with van der Waals surface area (Å²) in [5.41, 5.74) is 2.09. The van der Waals surface area contributed by atoms with Gasteiger partial charge in [0.25, 0.3) is 12.1 Å². The number of anilines is 2. The first-order chi connectivity index (χ1) is 14.5. The van der Waals surface area contributed by atoms with Gasteiger partial charge in [-0.15, -0.1) is 0 Å². The van der Waals surface area contributed by atoms with Crippen molar-refractivity contribution >= 4 is 39.0 Å². The lowest BCUT2D eigenvalue weighted by Crippen LogP contribution is -2.34. The average molecular weight is 423 g/mol. The van der Waals surface area contributed by atoms with Crippen LogP contribution in [0.15, 0.2) is 30.6 Å². The zero-order chi connectivity index (χ0) is 21.1. The molecule has 0 saturated heterocycles. The second-order valence-corrected chi connectivity index (χ2v) is 8.45. The van der Waals surface area contributed by atoms with E-state index < -0.39 is 0 Å². The number of hydrogen-bond acceptors (Lipinski definition) is 6. The lowest BCUT2D eigenvalue weighted by atomic mass is 10.0. The molecule has 2 N–H and O–H groups in total. The number of amides is 1. The van der Waals surface area contributed by atoms with Gasteiger partial charge in [0.2, 0.25) is 5.91 Å². The van der Waals surface area contributed by atoms with E-state index in [0.29, 0.717) is 18.8 Å². The van der Waals surface area contributed by atoms with Gasteiger partial charge in [-0.3, -0.25) is 4.79 Å². The van der Waals surface area contributed by atoms with Crippen LogP contribution < -0.4 is 15.0 Å². The molecule has 3 aromatic rings. The summed E-state index contributed by atoms with van der Waals surface area (Å²) in [6, 6.07) is 9.53. The Kier molecular flexibility index (Phi) is 5.84. The zero-order valence-electron chi connectivity index (χ0n) is 17.3. The van der Waals surface area contributed by atoms with Gasteiger partial charge in [0.1, 0.15) is 5.39 Å². The van der Waals surface area contributed by atoms with E-state index in [1.807, 2.05) is 42.1 Å². The summed E-state index contributed by atoms with van der Waals surface area (Å²) in [6.45, 7) is 2.07. The highest BCUT2D eigenvalue weighted by molar-refractivity contribution is 7.18. The Morgan fingerprint density at radius 3 is 3.17 bits per heavy atom. The molecular formula is C22H24N5O2S+. The fraction of sp³-hybridized carbons (Fsp3) is 0.318. The molecule has 30 heavy (non-hydrogen) atoms. The minimum atomic E-state index is 0.0589. The van der Waals surface area contributed by atoms with Gasteiger partial charge >= 0.3 is 0 Å². The highest BCUT2D eigenvalue weighted by Crippen LogP contribution is 2.37. The second-order valence-electron chi connectivity index (χ2n) is 7.34. The van der Waals surface area contributed by atoms with Gasteiger partial charge in [-0.25, -0.2) is 4.98 Å². The van der Waals surface area contributed by atoms with Crippen LogP contribution >= 0.6 is 11.3 Å². The number of nitrogens with zero attached hydrogens (tertiary/aromatic N) is 3. The quantitative estimate of drug-likeness (QED) is 0.618. The van der Waals surface area contributed by atoms with Gasteiger partial charge in [0.15, 0.2) is 10.6 Å². The number of likely N-dealkylation sites (N-methyl/N-ethyl adjacent to an activating group) is 1. The number of fused-ring (bicyclic) bond motifs is 3. The normalized spacial score (nSPS) is 13.5. The van der Waals surface area contributed by atoms with E-state index in [1.165, 1.54) is 10.4 Å². The van der Waals surface area contributed by atoms with E-state index in [1.54, 1.807) is 30.8 Å². The molecule has 2 aromatic heterocycles. The van der Waals surface area contributed by atoms with Crippen LogP contribution in [0.3, 0.4) is 0 Å². The molecule has 3 heterocycles. The van der Waals surface area contributed by atoms with E-state index >= 15 is 0 Å². The lowest BCUT2D eigenvalue weighted by Gasteiger charge is -2.25. The third-order valence-electron chi connectivity index (χ3n) is 4.92. The molecule has 154 valence electrons. The van der Waals surface area contributed by atoms with Crippen molar-refractivity contribution in [3.8, 4) is 5.75 Å². The van der Waals surface area contributed by atoms with E-state index in [4.69, 9.17) is 4.74 Å². The van der Waals surface area contributed by atoms with Crippen molar-refractivity contribution in [2.75, 3.05) is 39.6 Å². The maximum absolute atomic E-state index is 12.5. The van der Waals surface area contributed by atoms with E-state index in [2.05, 4.69) is 27.4 Å². The van der Waals surface area contributed by atoms with Crippen LogP contribution in [0.5, 0.6) is 5.75 Å². The molecule has 7 nitrogen and oxygen atoms in total. The van der Waals surface area contributed by atoms with Crippen LogP contribution in [-0.4, -0.2) is 55.0 Å². The van der Waals surface area contributed by atoms with Gasteiger partial charge in [-0.05, 0) is 37.1 Å². The Bertz CT molecular complexity index is 1090. The maximum atomic E-state index is 12.5. The molecule has 1 aliphatic heterocycles. The lowest BCUT2D eigenvalue weighted by molar-refractivity contribution is -0.346. The van der Waals surface area contributed by atoms with Crippen LogP contribution in [0.25, 0.3) is 10.2 Å². The van der Waals surface area contributed by atoms with Gasteiger partial charge in [0, 0.05) is 36.2 Å².